The highest BCUT2D eigenvalue weighted by atomic mass is 35.5. The summed E-state index contributed by atoms with van der Waals surface area (Å²) in [7, 11) is -0.631. The number of amides is 2. The van der Waals surface area contributed by atoms with Gasteiger partial charge in [0.05, 0.1) is 34.0 Å². The number of hydrogen-bond donors (Lipinski definition) is 1. The summed E-state index contributed by atoms with van der Waals surface area (Å²) >= 11 is 7.36. The van der Waals surface area contributed by atoms with Gasteiger partial charge in [0, 0.05) is 37.0 Å². The van der Waals surface area contributed by atoms with Gasteiger partial charge in [-0.25, -0.2) is 12.8 Å². The minimum atomic E-state index is -3.77. The molecule has 0 aliphatic carbocycles. The van der Waals surface area contributed by atoms with Crippen LogP contribution in [0.15, 0.2) is 30.3 Å². The number of ether oxygens (including phenoxy) is 1. The van der Waals surface area contributed by atoms with Gasteiger partial charge in [-0.3, -0.25) is 14.9 Å². The number of hydrogen-bond acceptors (Lipinski definition) is 7. The number of nitrogens with one attached hydrogen (secondary N) is 1. The van der Waals surface area contributed by atoms with E-state index in [0.29, 0.717) is 4.34 Å². The largest absolute Gasteiger partial charge is 0.373 e. The summed E-state index contributed by atoms with van der Waals surface area (Å²) in [5.41, 5.74) is -0.379. The summed E-state index contributed by atoms with van der Waals surface area (Å²) < 4.78 is 48.3. The summed E-state index contributed by atoms with van der Waals surface area (Å²) in [4.78, 5) is 28.9. The van der Waals surface area contributed by atoms with Crippen LogP contribution in [-0.4, -0.2) is 75.1 Å². The molecule has 1 aliphatic rings. The fourth-order valence-corrected chi connectivity index (χ4v) is 7.11. The van der Waals surface area contributed by atoms with Crippen molar-refractivity contribution in [2.24, 2.45) is 0 Å². The molecule has 1 saturated heterocycles. The van der Waals surface area contributed by atoms with E-state index in [1.54, 1.807) is 20.2 Å². The van der Waals surface area contributed by atoms with Crippen LogP contribution in [0.25, 0.3) is 0 Å². The molecule has 0 bridgehead atoms. The summed E-state index contributed by atoms with van der Waals surface area (Å²) in [6.45, 7) is 7.33. The van der Waals surface area contributed by atoms with Crippen molar-refractivity contribution in [2.75, 3.05) is 37.9 Å². The lowest BCUT2D eigenvalue weighted by molar-refractivity contribution is -0.119. The number of nitrogens with zero attached hydrogens (tertiary/aromatic N) is 2. The van der Waals surface area contributed by atoms with E-state index in [1.807, 2.05) is 33.8 Å². The first-order valence-corrected chi connectivity index (χ1v) is 15.2. The van der Waals surface area contributed by atoms with Crippen molar-refractivity contribution in [1.82, 2.24) is 10.2 Å². The van der Waals surface area contributed by atoms with Crippen LogP contribution < -0.4 is 10.2 Å². The van der Waals surface area contributed by atoms with Gasteiger partial charge in [0.1, 0.15) is 11.2 Å². The van der Waals surface area contributed by atoms with E-state index in [1.165, 1.54) is 33.3 Å². The van der Waals surface area contributed by atoms with E-state index in [2.05, 4.69) is 5.32 Å². The number of rotatable bonds is 10. The zero-order chi connectivity index (χ0) is 28.4. The average Bonchev–Trinajstić information content (AvgIpc) is 3.40. The third-order valence-electron chi connectivity index (χ3n) is 6.15. The molecule has 12 heteroatoms. The number of anilines is 1. The van der Waals surface area contributed by atoms with Crippen LogP contribution in [0.5, 0.6) is 0 Å². The Labute approximate surface area is 233 Å². The predicted molar refractivity (Wildman–Crippen MR) is 149 cm³/mol. The molecule has 3 rings (SSSR count). The highest BCUT2D eigenvalue weighted by molar-refractivity contribution is 7.92. The molecular weight excluding hydrogens is 553 g/mol. The standard InChI is InChI=1S/C26H35ClFN3O5S2/c1-16(21-9-10-22(27)37-21)15-38(34,35)23(14-36-26(2,3)4)29-19-11-12-31(25(19)33)20-8-7-17(13-18(20)28)24(32)30(5)6/h7-10,13,16,19,23,29H,11-12,14-15H2,1-6H3/t16-,19-,23-/m0/s1. The first-order chi connectivity index (χ1) is 17.6. The number of halogens is 2. The van der Waals surface area contributed by atoms with Crippen molar-refractivity contribution < 1.29 is 27.1 Å². The molecule has 0 spiro atoms. The molecule has 1 fully saturated rings. The molecule has 0 saturated carbocycles. The van der Waals surface area contributed by atoms with Gasteiger partial charge in [-0.1, -0.05) is 18.5 Å². The van der Waals surface area contributed by atoms with Crippen molar-refractivity contribution >= 4 is 50.3 Å². The van der Waals surface area contributed by atoms with Crippen molar-refractivity contribution in [3.05, 3.63) is 50.9 Å². The van der Waals surface area contributed by atoms with E-state index in [4.69, 9.17) is 16.3 Å². The zero-order valence-electron chi connectivity index (χ0n) is 22.5. The predicted octanol–water partition coefficient (Wildman–Crippen LogP) is 4.30. The Bertz CT molecular complexity index is 1280. The van der Waals surface area contributed by atoms with Crippen LogP contribution in [-0.2, 0) is 19.4 Å². The first-order valence-electron chi connectivity index (χ1n) is 12.3. The molecule has 3 atom stereocenters. The summed E-state index contributed by atoms with van der Waals surface area (Å²) in [6, 6.07) is 6.68. The van der Waals surface area contributed by atoms with E-state index in [0.717, 1.165) is 10.9 Å². The lowest BCUT2D eigenvalue weighted by atomic mass is 10.1. The van der Waals surface area contributed by atoms with E-state index < -0.39 is 38.6 Å². The molecule has 2 amide bonds. The van der Waals surface area contributed by atoms with Gasteiger partial charge in [0.15, 0.2) is 9.84 Å². The molecule has 2 aromatic rings. The van der Waals surface area contributed by atoms with E-state index in [9.17, 15) is 22.4 Å². The quantitative estimate of drug-likeness (QED) is 0.445. The lowest BCUT2D eigenvalue weighted by Gasteiger charge is -2.28. The third-order valence-corrected chi connectivity index (χ3v) is 9.71. The molecule has 0 unspecified atom stereocenters. The summed E-state index contributed by atoms with van der Waals surface area (Å²) in [5, 5.41) is 1.85. The van der Waals surface area contributed by atoms with Crippen LogP contribution in [0.4, 0.5) is 10.1 Å². The Morgan fingerprint density at radius 2 is 1.97 bits per heavy atom. The Kier molecular flexibility index (Phi) is 9.63. The monoisotopic (exact) mass is 587 g/mol. The van der Waals surface area contributed by atoms with E-state index >= 15 is 0 Å². The molecule has 1 N–H and O–H groups in total. The fourth-order valence-electron chi connectivity index (χ4n) is 4.14. The number of carbonyl (C=O) groups excluding carboxylic acids is 2. The van der Waals surface area contributed by atoms with Crippen LogP contribution in [0.2, 0.25) is 4.34 Å². The smallest absolute Gasteiger partial charge is 0.253 e. The maximum Gasteiger partial charge on any atom is 0.253 e. The lowest BCUT2D eigenvalue weighted by Crippen LogP contribution is -2.51. The van der Waals surface area contributed by atoms with Gasteiger partial charge in [0.25, 0.3) is 5.91 Å². The molecule has 210 valence electrons. The van der Waals surface area contributed by atoms with Gasteiger partial charge < -0.3 is 14.5 Å². The number of thiophene rings is 1. The zero-order valence-corrected chi connectivity index (χ0v) is 24.8. The topological polar surface area (TPSA) is 96.0 Å². The van der Waals surface area contributed by atoms with Gasteiger partial charge >= 0.3 is 0 Å². The second kappa shape index (κ2) is 12.0. The molecule has 38 heavy (non-hydrogen) atoms. The van der Waals surface area contributed by atoms with Gasteiger partial charge in [0.2, 0.25) is 5.91 Å². The van der Waals surface area contributed by atoms with Crippen molar-refractivity contribution in [3.8, 4) is 0 Å². The van der Waals surface area contributed by atoms with Crippen LogP contribution in [0, 0.1) is 5.82 Å². The van der Waals surface area contributed by atoms with Crippen molar-refractivity contribution in [3.63, 3.8) is 0 Å². The number of benzene rings is 1. The SMILES string of the molecule is C[C@@H](CS(=O)(=O)[C@@H](COC(C)(C)C)N[C@H]1CCN(c2ccc(C(=O)N(C)C)cc2F)C1=O)c1ccc(Cl)s1. The highest BCUT2D eigenvalue weighted by Crippen LogP contribution is 2.30. The third kappa shape index (κ3) is 7.53. The minimum absolute atomic E-state index is 0.0446. The number of sulfone groups is 1. The van der Waals surface area contributed by atoms with Crippen molar-refractivity contribution in [1.29, 1.82) is 0 Å². The summed E-state index contributed by atoms with van der Waals surface area (Å²) in [5.74, 6) is -1.95. The second-order valence-corrected chi connectivity index (χ2v) is 14.6. The molecule has 0 radical (unpaired) electrons. The average molecular weight is 588 g/mol. The van der Waals surface area contributed by atoms with Crippen molar-refractivity contribution in [2.45, 2.75) is 57.1 Å². The maximum absolute atomic E-state index is 14.9. The highest BCUT2D eigenvalue weighted by Gasteiger charge is 2.39. The van der Waals surface area contributed by atoms with Gasteiger partial charge in [-0.2, -0.15) is 0 Å². The number of carbonyl (C=O) groups is 2. The normalized spacial score (nSPS) is 18.1. The Morgan fingerprint density at radius 1 is 1.29 bits per heavy atom. The molecule has 1 aromatic carbocycles. The molecular formula is C26H35ClFN3O5S2. The molecule has 1 aromatic heterocycles. The van der Waals surface area contributed by atoms with Gasteiger partial charge in [-0.05, 0) is 57.5 Å². The van der Waals surface area contributed by atoms with Gasteiger partial charge in [-0.15, -0.1) is 11.3 Å². The Hall–Kier alpha value is -2.05. The fraction of sp³-hybridized carbons (Fsp3) is 0.538. The Balaban J connectivity index is 1.78. The first kappa shape index (κ1) is 30.5. The van der Waals surface area contributed by atoms with Crippen LogP contribution >= 0.6 is 22.9 Å². The maximum atomic E-state index is 14.9. The summed E-state index contributed by atoms with van der Waals surface area (Å²) in [6.07, 6.45) is 0.286. The second-order valence-electron chi connectivity index (χ2n) is 10.6. The minimum Gasteiger partial charge on any atom is -0.373 e. The van der Waals surface area contributed by atoms with Crippen LogP contribution in [0.1, 0.15) is 55.3 Å². The Morgan fingerprint density at radius 3 is 2.53 bits per heavy atom. The van der Waals surface area contributed by atoms with E-state index in [-0.39, 0.29) is 48.4 Å². The van der Waals surface area contributed by atoms with Crippen LogP contribution in [0.3, 0.4) is 0 Å². The molecule has 2 heterocycles. The molecule has 1 aliphatic heterocycles. The molecule has 8 nitrogen and oxygen atoms in total.